The first-order valence-corrected chi connectivity index (χ1v) is 13.0. The lowest BCUT2D eigenvalue weighted by molar-refractivity contribution is -0.159. The number of para-hydroxylation sites is 1. The van der Waals surface area contributed by atoms with Gasteiger partial charge in [-0.3, -0.25) is 19.4 Å². The Morgan fingerprint density at radius 2 is 1.40 bits per heavy atom. The van der Waals surface area contributed by atoms with E-state index in [0.29, 0.717) is 40.7 Å². The van der Waals surface area contributed by atoms with E-state index in [2.05, 4.69) is 24.1 Å². The van der Waals surface area contributed by atoms with Gasteiger partial charge in [-0.1, -0.05) is 37.6 Å². The van der Waals surface area contributed by atoms with Crippen molar-refractivity contribution in [1.82, 2.24) is 9.80 Å². The Bertz CT molecular complexity index is 1290. The number of hydrogen-bond donors (Lipinski definition) is 6. The Kier molecular flexibility index (Phi) is 14.8. The lowest BCUT2D eigenvalue weighted by Gasteiger charge is -2.28. The van der Waals surface area contributed by atoms with Gasteiger partial charge in [-0.05, 0) is 50.5 Å². The molecule has 0 fully saturated rings. The number of aliphatic hydroxyl groups is 1. The average molecular weight is 625 g/mol. The third kappa shape index (κ3) is 11.7. The SMILES string of the molecule is CCN(CC)CC(O)CN(C)CC(=O)N1c2ccc(Cl)cc2NC(=O)c2ccccc21.O=C(O)C(=O)O.O=C(O)C(=O)O. The van der Waals surface area contributed by atoms with Gasteiger partial charge in [-0.2, -0.15) is 0 Å². The molecule has 6 N–H and O–H groups in total. The molecule has 15 nitrogen and oxygen atoms in total. The van der Waals surface area contributed by atoms with Crippen LogP contribution < -0.4 is 10.2 Å². The largest absolute Gasteiger partial charge is 0.473 e. The van der Waals surface area contributed by atoms with Crippen LogP contribution in [0.3, 0.4) is 0 Å². The first-order valence-electron chi connectivity index (χ1n) is 12.7. The van der Waals surface area contributed by atoms with Crippen molar-refractivity contribution >= 4 is 64.4 Å². The molecule has 3 rings (SSSR count). The third-order valence-corrected chi connectivity index (χ3v) is 5.98. The van der Waals surface area contributed by atoms with E-state index in [4.69, 9.17) is 51.2 Å². The second-order valence-electron chi connectivity index (χ2n) is 8.92. The molecule has 0 spiro atoms. The van der Waals surface area contributed by atoms with Gasteiger partial charge in [0.1, 0.15) is 0 Å². The van der Waals surface area contributed by atoms with Crippen LogP contribution in [0.4, 0.5) is 17.1 Å². The molecule has 1 heterocycles. The number of nitrogens with zero attached hydrogens (tertiary/aromatic N) is 3. The molecule has 0 aromatic heterocycles. The summed E-state index contributed by atoms with van der Waals surface area (Å²) in [5, 5.41) is 43.3. The van der Waals surface area contributed by atoms with Crippen molar-refractivity contribution in [2.45, 2.75) is 20.0 Å². The Balaban J connectivity index is 0.000000649. The number of hydrogen-bond acceptors (Lipinski definition) is 9. The topological polar surface area (TPSA) is 225 Å². The first kappa shape index (κ1) is 36.5. The van der Waals surface area contributed by atoms with Crippen LogP contribution in [0, 0.1) is 0 Å². The zero-order valence-electron chi connectivity index (χ0n) is 23.6. The number of fused-ring (bicyclic) bond motifs is 2. The number of rotatable bonds is 8. The van der Waals surface area contributed by atoms with Crippen LogP contribution in [-0.4, -0.2) is 117 Å². The number of anilines is 3. The Labute approximate surface area is 251 Å². The minimum atomic E-state index is -1.82. The molecule has 1 aliphatic heterocycles. The quantitative estimate of drug-likeness (QED) is 0.229. The summed E-state index contributed by atoms with van der Waals surface area (Å²) in [7, 11) is 1.80. The van der Waals surface area contributed by atoms with E-state index >= 15 is 0 Å². The third-order valence-electron chi connectivity index (χ3n) is 5.74. The van der Waals surface area contributed by atoms with Crippen LogP contribution in [0.2, 0.25) is 5.02 Å². The number of halogens is 1. The highest BCUT2D eigenvalue weighted by Gasteiger charge is 2.30. The fourth-order valence-electron chi connectivity index (χ4n) is 3.82. The summed E-state index contributed by atoms with van der Waals surface area (Å²) >= 11 is 6.13. The Hall–Kier alpha value is -4.57. The average Bonchev–Trinajstić information content (AvgIpc) is 3.05. The van der Waals surface area contributed by atoms with Crippen molar-refractivity contribution in [3.63, 3.8) is 0 Å². The molecular formula is C27H33ClN4O11. The highest BCUT2D eigenvalue weighted by molar-refractivity contribution is 6.31. The van der Waals surface area contributed by atoms with Crippen LogP contribution in [-0.2, 0) is 24.0 Å². The van der Waals surface area contributed by atoms with E-state index in [1.165, 1.54) is 0 Å². The van der Waals surface area contributed by atoms with E-state index < -0.39 is 30.0 Å². The van der Waals surface area contributed by atoms with Gasteiger partial charge in [0, 0.05) is 18.1 Å². The maximum absolute atomic E-state index is 13.4. The number of carbonyl (C=O) groups is 6. The summed E-state index contributed by atoms with van der Waals surface area (Å²) in [4.78, 5) is 68.0. The van der Waals surface area contributed by atoms with Crippen molar-refractivity contribution < 1.29 is 54.3 Å². The van der Waals surface area contributed by atoms with E-state index in [-0.39, 0.29) is 18.4 Å². The standard InChI is InChI=1S/C23H29ClN4O3.2C2H2O4/c1-4-27(5-2)14-17(29)13-26(3)15-22(30)28-20-9-7-6-8-18(20)23(31)25-19-12-16(24)10-11-21(19)28;2*3-1(4)2(5)6/h6-12,17,29H,4-5,13-15H2,1-3H3,(H,25,31);2*(H,3,4)(H,5,6). The molecule has 0 aliphatic carbocycles. The van der Waals surface area contributed by atoms with Crippen LogP contribution in [0.5, 0.6) is 0 Å². The van der Waals surface area contributed by atoms with Crippen molar-refractivity contribution in [2.75, 3.05) is 50.0 Å². The number of amides is 2. The monoisotopic (exact) mass is 624 g/mol. The van der Waals surface area contributed by atoms with Crippen LogP contribution >= 0.6 is 11.6 Å². The molecule has 1 aliphatic rings. The molecule has 234 valence electrons. The van der Waals surface area contributed by atoms with Gasteiger partial charge in [0.15, 0.2) is 0 Å². The molecular weight excluding hydrogens is 592 g/mol. The van der Waals surface area contributed by atoms with Gasteiger partial charge in [0.05, 0.1) is 35.3 Å². The summed E-state index contributed by atoms with van der Waals surface area (Å²) in [6.45, 7) is 6.83. The summed E-state index contributed by atoms with van der Waals surface area (Å²) in [5.41, 5.74) is 1.96. The maximum atomic E-state index is 13.4. The predicted molar refractivity (Wildman–Crippen MR) is 155 cm³/mol. The van der Waals surface area contributed by atoms with E-state index in [1.54, 1.807) is 59.3 Å². The fourth-order valence-corrected chi connectivity index (χ4v) is 3.99. The molecule has 1 atom stereocenters. The molecule has 16 heteroatoms. The van der Waals surface area contributed by atoms with Crippen molar-refractivity contribution in [3.8, 4) is 0 Å². The molecule has 2 aromatic rings. The van der Waals surface area contributed by atoms with Gasteiger partial charge < -0.3 is 35.7 Å². The number of benzene rings is 2. The minimum Gasteiger partial charge on any atom is -0.473 e. The number of likely N-dealkylation sites (N-methyl/N-ethyl adjacent to an activating group) is 2. The zero-order chi connectivity index (χ0) is 32.9. The summed E-state index contributed by atoms with van der Waals surface area (Å²) in [5.74, 6) is -7.79. The molecule has 2 amide bonds. The summed E-state index contributed by atoms with van der Waals surface area (Å²) in [6.07, 6.45) is -0.566. The highest BCUT2D eigenvalue weighted by Crippen LogP contribution is 2.39. The molecule has 0 saturated heterocycles. The fraction of sp³-hybridized carbons (Fsp3) is 0.333. The molecule has 2 aromatic carbocycles. The Morgan fingerprint density at radius 3 is 1.91 bits per heavy atom. The number of carboxylic acids is 4. The van der Waals surface area contributed by atoms with Crippen LogP contribution in [0.1, 0.15) is 24.2 Å². The van der Waals surface area contributed by atoms with Gasteiger partial charge in [0.2, 0.25) is 5.91 Å². The van der Waals surface area contributed by atoms with E-state index in [1.807, 2.05) is 0 Å². The first-order chi connectivity index (χ1) is 20.1. The lowest BCUT2D eigenvalue weighted by Crippen LogP contribution is -2.43. The molecule has 43 heavy (non-hydrogen) atoms. The van der Waals surface area contributed by atoms with E-state index in [0.717, 1.165) is 13.1 Å². The number of aliphatic carboxylic acids is 4. The zero-order valence-corrected chi connectivity index (χ0v) is 24.3. The molecule has 0 radical (unpaired) electrons. The van der Waals surface area contributed by atoms with Gasteiger partial charge >= 0.3 is 23.9 Å². The highest BCUT2D eigenvalue weighted by atomic mass is 35.5. The normalized spacial score (nSPS) is 12.3. The Morgan fingerprint density at radius 1 is 0.860 bits per heavy atom. The van der Waals surface area contributed by atoms with Gasteiger partial charge in [-0.15, -0.1) is 0 Å². The lowest BCUT2D eigenvalue weighted by atomic mass is 10.1. The van der Waals surface area contributed by atoms with Crippen molar-refractivity contribution in [3.05, 3.63) is 53.1 Å². The van der Waals surface area contributed by atoms with Crippen molar-refractivity contribution in [1.29, 1.82) is 0 Å². The second kappa shape index (κ2) is 17.4. The molecule has 0 bridgehead atoms. The van der Waals surface area contributed by atoms with E-state index in [9.17, 15) is 14.7 Å². The maximum Gasteiger partial charge on any atom is 0.414 e. The van der Waals surface area contributed by atoms with Crippen LogP contribution in [0.25, 0.3) is 0 Å². The summed E-state index contributed by atoms with van der Waals surface area (Å²) < 4.78 is 0. The van der Waals surface area contributed by atoms with Crippen LogP contribution in [0.15, 0.2) is 42.5 Å². The smallest absolute Gasteiger partial charge is 0.414 e. The van der Waals surface area contributed by atoms with Gasteiger partial charge in [0.25, 0.3) is 5.91 Å². The molecule has 1 unspecified atom stereocenters. The minimum absolute atomic E-state index is 0.0832. The number of nitrogens with one attached hydrogen (secondary N) is 1. The number of carbonyl (C=O) groups excluding carboxylic acids is 2. The van der Waals surface area contributed by atoms with Gasteiger partial charge in [-0.25, -0.2) is 19.2 Å². The molecule has 0 saturated carbocycles. The number of carboxylic acid groups (broad SMARTS) is 4. The predicted octanol–water partition coefficient (Wildman–Crippen LogP) is 1.52. The second-order valence-corrected chi connectivity index (χ2v) is 9.36. The summed E-state index contributed by atoms with van der Waals surface area (Å²) in [6, 6.07) is 12.1. The van der Waals surface area contributed by atoms with Crippen molar-refractivity contribution in [2.24, 2.45) is 0 Å². The number of aliphatic hydroxyl groups excluding tert-OH is 1.